The molecule has 0 spiro atoms. The molecular formula is C12H15NO3. The lowest BCUT2D eigenvalue weighted by Crippen LogP contribution is -2.11. The minimum atomic E-state index is -0.0659. The predicted molar refractivity (Wildman–Crippen MR) is 61.3 cm³/mol. The average molecular weight is 221 g/mol. The molecule has 1 rings (SSSR count). The Morgan fingerprint density at radius 2 is 2.19 bits per heavy atom. The van der Waals surface area contributed by atoms with Crippen LogP contribution in [0.15, 0.2) is 24.3 Å². The molecule has 0 aliphatic carbocycles. The lowest BCUT2D eigenvalue weighted by molar-refractivity contribution is -0.121. The molecule has 4 heteroatoms. The Morgan fingerprint density at radius 3 is 2.88 bits per heavy atom. The van der Waals surface area contributed by atoms with Crippen LogP contribution in [0.25, 0.3) is 0 Å². The van der Waals surface area contributed by atoms with E-state index >= 15 is 0 Å². The van der Waals surface area contributed by atoms with Crippen molar-refractivity contribution < 1.29 is 14.3 Å². The number of carbonyl (C=O) groups excluding carboxylic acids is 2. The maximum atomic E-state index is 11.5. The van der Waals surface area contributed by atoms with E-state index in [1.807, 2.05) is 6.92 Å². The number of benzene rings is 1. The fourth-order valence-electron chi connectivity index (χ4n) is 1.27. The summed E-state index contributed by atoms with van der Waals surface area (Å²) in [7, 11) is 0. The van der Waals surface area contributed by atoms with Gasteiger partial charge in [0.25, 0.3) is 6.47 Å². The van der Waals surface area contributed by atoms with E-state index in [1.165, 1.54) is 0 Å². The van der Waals surface area contributed by atoms with E-state index in [4.69, 9.17) is 4.74 Å². The van der Waals surface area contributed by atoms with Crippen LogP contribution in [0, 0.1) is 0 Å². The molecule has 1 aromatic rings. The van der Waals surface area contributed by atoms with Gasteiger partial charge in [0, 0.05) is 6.42 Å². The van der Waals surface area contributed by atoms with E-state index in [9.17, 15) is 9.59 Å². The zero-order chi connectivity index (χ0) is 11.8. The van der Waals surface area contributed by atoms with Crippen molar-refractivity contribution in [3.05, 3.63) is 24.3 Å². The molecule has 4 nitrogen and oxygen atoms in total. The Bertz CT molecular complexity index is 363. The number of amides is 1. The number of ether oxygens (including phenoxy) is 1. The molecule has 0 aliphatic heterocycles. The van der Waals surface area contributed by atoms with Crippen LogP contribution < -0.4 is 10.1 Å². The van der Waals surface area contributed by atoms with E-state index in [2.05, 4.69) is 5.32 Å². The summed E-state index contributed by atoms with van der Waals surface area (Å²) in [4.78, 5) is 21.7. The summed E-state index contributed by atoms with van der Waals surface area (Å²) in [5.74, 6) is 0.297. The van der Waals surface area contributed by atoms with E-state index in [0.717, 1.165) is 12.8 Å². The summed E-state index contributed by atoms with van der Waals surface area (Å²) in [5.41, 5.74) is 0.524. The van der Waals surface area contributed by atoms with Gasteiger partial charge in [-0.2, -0.15) is 0 Å². The van der Waals surface area contributed by atoms with Crippen molar-refractivity contribution >= 4 is 18.1 Å². The molecule has 16 heavy (non-hydrogen) atoms. The van der Waals surface area contributed by atoms with Gasteiger partial charge in [0.15, 0.2) is 5.75 Å². The molecular weight excluding hydrogens is 206 g/mol. The van der Waals surface area contributed by atoms with E-state index in [1.54, 1.807) is 24.3 Å². The molecule has 0 saturated heterocycles. The third kappa shape index (κ3) is 3.73. The second-order valence-corrected chi connectivity index (χ2v) is 3.36. The highest BCUT2D eigenvalue weighted by Gasteiger charge is 2.06. The Hall–Kier alpha value is -1.84. The Balaban J connectivity index is 2.64. The largest absolute Gasteiger partial charge is 0.427 e. The highest BCUT2D eigenvalue weighted by atomic mass is 16.5. The number of unbranched alkanes of at least 4 members (excludes halogenated alkanes) is 1. The summed E-state index contributed by atoms with van der Waals surface area (Å²) in [6.07, 6.45) is 2.30. The van der Waals surface area contributed by atoms with Gasteiger partial charge in [0.1, 0.15) is 0 Å². The Kier molecular flexibility index (Phi) is 5.05. The van der Waals surface area contributed by atoms with Gasteiger partial charge in [0.05, 0.1) is 5.69 Å². The summed E-state index contributed by atoms with van der Waals surface area (Å²) in [5, 5.41) is 2.71. The van der Waals surface area contributed by atoms with Crippen LogP contribution in [-0.4, -0.2) is 12.4 Å². The molecule has 86 valence electrons. The van der Waals surface area contributed by atoms with Gasteiger partial charge in [-0.25, -0.2) is 0 Å². The van der Waals surface area contributed by atoms with Crippen LogP contribution in [0.1, 0.15) is 26.2 Å². The van der Waals surface area contributed by atoms with Gasteiger partial charge in [0.2, 0.25) is 5.91 Å². The molecule has 0 bridgehead atoms. The number of nitrogens with one attached hydrogen (secondary N) is 1. The van der Waals surface area contributed by atoms with Gasteiger partial charge in [-0.15, -0.1) is 0 Å². The molecule has 0 aromatic heterocycles. The highest BCUT2D eigenvalue weighted by Crippen LogP contribution is 2.23. The monoisotopic (exact) mass is 221 g/mol. The molecule has 1 amide bonds. The standard InChI is InChI=1S/C12H15NO3/c1-2-3-8-12(15)13-10-6-4-5-7-11(10)16-9-14/h4-7,9H,2-3,8H2,1H3,(H,13,15). The van der Waals surface area contributed by atoms with E-state index < -0.39 is 0 Å². The van der Waals surface area contributed by atoms with Crippen molar-refractivity contribution in [2.75, 3.05) is 5.32 Å². The summed E-state index contributed by atoms with van der Waals surface area (Å²) in [6, 6.07) is 6.83. The second-order valence-electron chi connectivity index (χ2n) is 3.36. The number of anilines is 1. The maximum Gasteiger partial charge on any atom is 0.298 e. The van der Waals surface area contributed by atoms with Gasteiger partial charge in [-0.05, 0) is 18.6 Å². The van der Waals surface area contributed by atoms with Crippen LogP contribution in [0.2, 0.25) is 0 Å². The molecule has 0 saturated carbocycles. The topological polar surface area (TPSA) is 55.4 Å². The van der Waals surface area contributed by atoms with Crippen LogP contribution in [0.5, 0.6) is 5.75 Å². The first kappa shape index (κ1) is 12.2. The number of hydrogen-bond acceptors (Lipinski definition) is 3. The summed E-state index contributed by atoms with van der Waals surface area (Å²) >= 11 is 0. The predicted octanol–water partition coefficient (Wildman–Crippen LogP) is 2.35. The number of para-hydroxylation sites is 2. The van der Waals surface area contributed by atoms with Crippen molar-refractivity contribution in [1.29, 1.82) is 0 Å². The minimum absolute atomic E-state index is 0.0659. The number of hydrogen-bond donors (Lipinski definition) is 1. The summed E-state index contributed by atoms with van der Waals surface area (Å²) in [6.45, 7) is 2.37. The van der Waals surface area contributed by atoms with Crippen molar-refractivity contribution in [2.45, 2.75) is 26.2 Å². The lowest BCUT2D eigenvalue weighted by atomic mass is 10.2. The van der Waals surface area contributed by atoms with Crippen LogP contribution in [0.3, 0.4) is 0 Å². The molecule has 0 heterocycles. The van der Waals surface area contributed by atoms with Crippen molar-refractivity contribution in [2.24, 2.45) is 0 Å². The normalized spacial score (nSPS) is 9.56. The lowest BCUT2D eigenvalue weighted by Gasteiger charge is -2.08. The highest BCUT2D eigenvalue weighted by molar-refractivity contribution is 5.92. The first-order chi connectivity index (χ1) is 7.77. The third-order valence-electron chi connectivity index (χ3n) is 2.09. The van der Waals surface area contributed by atoms with E-state index in [0.29, 0.717) is 24.3 Å². The first-order valence-electron chi connectivity index (χ1n) is 5.27. The second kappa shape index (κ2) is 6.61. The number of carbonyl (C=O) groups is 2. The molecule has 1 N–H and O–H groups in total. The SMILES string of the molecule is CCCCC(=O)Nc1ccccc1OC=O. The van der Waals surface area contributed by atoms with Gasteiger partial charge < -0.3 is 10.1 Å². The smallest absolute Gasteiger partial charge is 0.298 e. The molecule has 0 unspecified atom stereocenters. The molecule has 1 aromatic carbocycles. The number of rotatable bonds is 6. The molecule has 0 atom stereocenters. The van der Waals surface area contributed by atoms with Crippen LogP contribution in [0.4, 0.5) is 5.69 Å². The van der Waals surface area contributed by atoms with Gasteiger partial charge in [-0.1, -0.05) is 25.5 Å². The van der Waals surface area contributed by atoms with Crippen molar-refractivity contribution in [3.8, 4) is 5.75 Å². The van der Waals surface area contributed by atoms with Crippen LogP contribution >= 0.6 is 0 Å². The summed E-state index contributed by atoms with van der Waals surface area (Å²) < 4.78 is 4.75. The zero-order valence-electron chi connectivity index (χ0n) is 9.23. The van der Waals surface area contributed by atoms with Crippen LogP contribution in [-0.2, 0) is 9.59 Å². The fourth-order valence-corrected chi connectivity index (χ4v) is 1.27. The van der Waals surface area contributed by atoms with E-state index in [-0.39, 0.29) is 5.91 Å². The Labute approximate surface area is 94.6 Å². The molecule has 0 fully saturated rings. The quantitative estimate of drug-likeness (QED) is 0.750. The maximum absolute atomic E-state index is 11.5. The van der Waals surface area contributed by atoms with Gasteiger partial charge >= 0.3 is 0 Å². The molecule has 0 aliphatic rings. The first-order valence-corrected chi connectivity index (χ1v) is 5.27. The zero-order valence-corrected chi connectivity index (χ0v) is 9.23. The minimum Gasteiger partial charge on any atom is -0.427 e. The fraction of sp³-hybridized carbons (Fsp3) is 0.333. The van der Waals surface area contributed by atoms with Crippen molar-refractivity contribution in [1.82, 2.24) is 0 Å². The van der Waals surface area contributed by atoms with Gasteiger partial charge in [-0.3, -0.25) is 9.59 Å². The Morgan fingerprint density at radius 1 is 1.44 bits per heavy atom. The third-order valence-corrected chi connectivity index (χ3v) is 2.09. The molecule has 0 radical (unpaired) electrons. The average Bonchev–Trinajstić information content (AvgIpc) is 2.29. The van der Waals surface area contributed by atoms with Crippen molar-refractivity contribution in [3.63, 3.8) is 0 Å².